The number of rotatable bonds is 0. The first kappa shape index (κ1) is 8.35. The van der Waals surface area contributed by atoms with Crippen LogP contribution < -0.4 is 0 Å². The summed E-state index contributed by atoms with van der Waals surface area (Å²) in [5.74, 6) is 0. The van der Waals surface area contributed by atoms with E-state index < -0.39 is 11.7 Å². The molecule has 0 saturated carbocycles. The zero-order chi connectivity index (χ0) is 9.47. The first-order valence-corrected chi connectivity index (χ1v) is 3.94. The van der Waals surface area contributed by atoms with Crippen LogP contribution in [0, 0.1) is 0 Å². The summed E-state index contributed by atoms with van der Waals surface area (Å²) in [5.41, 5.74) is 0.559. The van der Waals surface area contributed by atoms with E-state index in [0.29, 0.717) is 12.0 Å². The monoisotopic (exact) mass is 184 g/mol. The number of benzene rings is 1. The zero-order valence-corrected chi connectivity index (χ0v) is 6.73. The van der Waals surface area contributed by atoms with Crippen LogP contribution in [0.4, 0.5) is 13.2 Å². The second kappa shape index (κ2) is 2.62. The van der Waals surface area contributed by atoms with Gasteiger partial charge >= 0.3 is 6.18 Å². The quantitative estimate of drug-likeness (QED) is 0.580. The maximum atomic E-state index is 12.4. The Balaban J connectivity index is 2.59. The lowest BCUT2D eigenvalue weighted by atomic mass is 10.0. The molecule has 1 aliphatic carbocycles. The van der Waals surface area contributed by atoms with E-state index in [0.717, 1.165) is 11.6 Å². The van der Waals surface area contributed by atoms with Crippen LogP contribution in [0.5, 0.6) is 0 Å². The van der Waals surface area contributed by atoms with Gasteiger partial charge in [-0.3, -0.25) is 0 Å². The van der Waals surface area contributed by atoms with Gasteiger partial charge in [0, 0.05) is 0 Å². The van der Waals surface area contributed by atoms with Crippen LogP contribution in [0.25, 0.3) is 6.08 Å². The average molecular weight is 184 g/mol. The van der Waals surface area contributed by atoms with Crippen LogP contribution in [0.3, 0.4) is 0 Å². The van der Waals surface area contributed by atoms with Crippen molar-refractivity contribution in [1.82, 2.24) is 0 Å². The highest BCUT2D eigenvalue weighted by molar-refractivity contribution is 5.63. The van der Waals surface area contributed by atoms with E-state index in [1.165, 1.54) is 12.1 Å². The SMILES string of the molecule is FC(F)(F)c1cccc2c1C=CC2. The Labute approximate surface area is 73.7 Å². The lowest BCUT2D eigenvalue weighted by molar-refractivity contribution is -0.137. The van der Waals surface area contributed by atoms with Gasteiger partial charge in [0.15, 0.2) is 0 Å². The fourth-order valence-corrected chi connectivity index (χ4v) is 1.54. The van der Waals surface area contributed by atoms with Crippen molar-refractivity contribution in [3.05, 3.63) is 41.0 Å². The molecule has 0 aromatic heterocycles. The van der Waals surface area contributed by atoms with Gasteiger partial charge in [-0.15, -0.1) is 0 Å². The standard InChI is InChI=1S/C10H7F3/c11-10(12,13)9-6-2-4-7-3-1-5-8(7)9/h1-2,4-6H,3H2. The summed E-state index contributed by atoms with van der Waals surface area (Å²) >= 11 is 0. The number of allylic oxidation sites excluding steroid dienone is 1. The summed E-state index contributed by atoms with van der Waals surface area (Å²) in [7, 11) is 0. The Morgan fingerprint density at radius 3 is 2.62 bits per heavy atom. The Morgan fingerprint density at radius 1 is 1.15 bits per heavy atom. The van der Waals surface area contributed by atoms with Gasteiger partial charge < -0.3 is 0 Å². The van der Waals surface area contributed by atoms with Gasteiger partial charge in [-0.2, -0.15) is 13.2 Å². The summed E-state index contributed by atoms with van der Waals surface area (Å²) in [6.45, 7) is 0. The predicted octanol–water partition coefficient (Wildman–Crippen LogP) is 3.27. The van der Waals surface area contributed by atoms with Crippen molar-refractivity contribution in [1.29, 1.82) is 0 Å². The Hall–Kier alpha value is -1.25. The molecule has 0 saturated heterocycles. The van der Waals surface area contributed by atoms with E-state index in [1.54, 1.807) is 12.1 Å². The largest absolute Gasteiger partial charge is 0.416 e. The number of hydrogen-bond donors (Lipinski definition) is 0. The molecular formula is C10H7F3. The van der Waals surface area contributed by atoms with Gasteiger partial charge in [-0.25, -0.2) is 0 Å². The van der Waals surface area contributed by atoms with Crippen molar-refractivity contribution >= 4 is 6.08 Å². The maximum absolute atomic E-state index is 12.4. The molecule has 0 fully saturated rings. The number of hydrogen-bond acceptors (Lipinski definition) is 0. The molecule has 3 heteroatoms. The zero-order valence-electron chi connectivity index (χ0n) is 6.73. The van der Waals surface area contributed by atoms with E-state index in [1.807, 2.05) is 0 Å². The molecule has 0 amide bonds. The summed E-state index contributed by atoms with van der Waals surface area (Å²) in [5, 5.41) is 0. The van der Waals surface area contributed by atoms with E-state index in [2.05, 4.69) is 0 Å². The molecule has 0 heterocycles. The van der Waals surface area contributed by atoms with Gasteiger partial charge in [-0.1, -0.05) is 24.3 Å². The highest BCUT2D eigenvalue weighted by Gasteiger charge is 2.33. The highest BCUT2D eigenvalue weighted by atomic mass is 19.4. The summed E-state index contributed by atoms with van der Waals surface area (Å²) < 4.78 is 37.2. The van der Waals surface area contributed by atoms with E-state index in [-0.39, 0.29) is 0 Å². The molecule has 2 rings (SSSR count). The normalized spacial score (nSPS) is 14.7. The van der Waals surface area contributed by atoms with Gasteiger partial charge in [0.2, 0.25) is 0 Å². The summed E-state index contributed by atoms with van der Waals surface area (Å²) in [6.07, 6.45) is -0.336. The first-order valence-electron chi connectivity index (χ1n) is 3.94. The van der Waals surface area contributed by atoms with Crippen LogP contribution in [0.2, 0.25) is 0 Å². The molecule has 1 aliphatic rings. The minimum absolute atomic E-state index is 0.329. The lowest BCUT2D eigenvalue weighted by Gasteiger charge is -2.10. The van der Waals surface area contributed by atoms with Gasteiger partial charge in [0.25, 0.3) is 0 Å². The van der Waals surface area contributed by atoms with Gasteiger partial charge in [-0.05, 0) is 23.6 Å². The van der Waals surface area contributed by atoms with E-state index in [4.69, 9.17) is 0 Å². The number of fused-ring (bicyclic) bond motifs is 1. The van der Waals surface area contributed by atoms with Crippen LogP contribution in [-0.4, -0.2) is 0 Å². The summed E-state index contributed by atoms with van der Waals surface area (Å²) in [4.78, 5) is 0. The number of halogens is 3. The minimum Gasteiger partial charge on any atom is -0.166 e. The smallest absolute Gasteiger partial charge is 0.166 e. The molecule has 0 bridgehead atoms. The molecule has 68 valence electrons. The van der Waals surface area contributed by atoms with Crippen molar-refractivity contribution in [3.8, 4) is 0 Å². The number of alkyl halides is 3. The van der Waals surface area contributed by atoms with Crippen molar-refractivity contribution < 1.29 is 13.2 Å². The first-order chi connectivity index (χ1) is 6.09. The second-order valence-electron chi connectivity index (χ2n) is 2.98. The molecule has 0 nitrogen and oxygen atoms in total. The summed E-state index contributed by atoms with van der Waals surface area (Å²) in [6, 6.07) is 4.30. The molecule has 1 aromatic carbocycles. The fraction of sp³-hybridized carbons (Fsp3) is 0.200. The Morgan fingerprint density at radius 2 is 1.92 bits per heavy atom. The lowest BCUT2D eigenvalue weighted by Crippen LogP contribution is -2.07. The van der Waals surface area contributed by atoms with Crippen molar-refractivity contribution in [2.45, 2.75) is 12.6 Å². The Kier molecular flexibility index (Phi) is 1.68. The van der Waals surface area contributed by atoms with Crippen LogP contribution in [0.1, 0.15) is 16.7 Å². The predicted molar refractivity (Wildman–Crippen MR) is 44.2 cm³/mol. The maximum Gasteiger partial charge on any atom is 0.416 e. The van der Waals surface area contributed by atoms with E-state index >= 15 is 0 Å². The van der Waals surface area contributed by atoms with Crippen molar-refractivity contribution in [2.75, 3.05) is 0 Å². The molecule has 0 atom stereocenters. The molecule has 13 heavy (non-hydrogen) atoms. The third-order valence-electron chi connectivity index (χ3n) is 2.12. The van der Waals surface area contributed by atoms with Crippen LogP contribution >= 0.6 is 0 Å². The molecule has 1 aromatic rings. The molecule has 0 N–H and O–H groups in total. The Bertz CT molecular complexity index is 361. The van der Waals surface area contributed by atoms with Crippen LogP contribution in [0.15, 0.2) is 24.3 Å². The third kappa shape index (κ3) is 1.34. The fourth-order valence-electron chi connectivity index (χ4n) is 1.54. The highest BCUT2D eigenvalue weighted by Crippen LogP contribution is 2.35. The molecule has 0 spiro atoms. The van der Waals surface area contributed by atoms with Crippen molar-refractivity contribution in [2.24, 2.45) is 0 Å². The molecular weight excluding hydrogens is 177 g/mol. The third-order valence-corrected chi connectivity index (χ3v) is 2.12. The molecule has 0 radical (unpaired) electrons. The second-order valence-corrected chi connectivity index (χ2v) is 2.98. The van der Waals surface area contributed by atoms with Gasteiger partial charge in [0.05, 0.1) is 5.56 Å². The minimum atomic E-state index is -4.24. The molecule has 0 aliphatic heterocycles. The topological polar surface area (TPSA) is 0 Å². The average Bonchev–Trinajstić information content (AvgIpc) is 2.48. The van der Waals surface area contributed by atoms with Crippen LogP contribution in [-0.2, 0) is 12.6 Å². The van der Waals surface area contributed by atoms with Gasteiger partial charge in [0.1, 0.15) is 0 Å². The van der Waals surface area contributed by atoms with E-state index in [9.17, 15) is 13.2 Å². The molecule has 0 unspecified atom stereocenters. The van der Waals surface area contributed by atoms with Crippen molar-refractivity contribution in [3.63, 3.8) is 0 Å².